The number of aromatic nitrogens is 1. The van der Waals surface area contributed by atoms with Crippen LogP contribution in [0, 0.1) is 0 Å². The molecule has 0 aliphatic rings. The Morgan fingerprint density at radius 1 is 0.895 bits per heavy atom. The maximum atomic E-state index is 9.25. The van der Waals surface area contributed by atoms with Crippen LogP contribution in [0.25, 0.3) is 11.3 Å². The number of pyridine rings is 1. The molecule has 100 valence electrons. The van der Waals surface area contributed by atoms with Gasteiger partial charge in [0.1, 0.15) is 0 Å². The lowest BCUT2D eigenvalue weighted by atomic mass is 10.1. The van der Waals surface area contributed by atoms with Crippen molar-refractivity contribution in [2.45, 2.75) is 6.61 Å². The van der Waals surface area contributed by atoms with Crippen LogP contribution in [0.4, 0.5) is 0 Å². The lowest BCUT2D eigenvalue weighted by Gasteiger charge is -2.10. The molecule has 0 unspecified atom stereocenters. The van der Waals surface area contributed by atoms with Crippen LogP contribution in [0.2, 0.25) is 25.1 Å². The second-order valence-corrected chi connectivity index (χ2v) is 5.64. The predicted octanol–water partition coefficient (Wildman–Crippen LogP) is 5.51. The van der Waals surface area contributed by atoms with E-state index in [-0.39, 0.29) is 16.7 Å². The zero-order valence-corrected chi connectivity index (χ0v) is 13.0. The molecule has 2 rings (SSSR count). The van der Waals surface area contributed by atoms with Gasteiger partial charge in [-0.25, -0.2) is 0 Å². The minimum Gasteiger partial charge on any atom is -0.392 e. The third-order valence-electron chi connectivity index (χ3n) is 2.48. The summed E-state index contributed by atoms with van der Waals surface area (Å²) in [6, 6.07) is 3.19. The smallest absolute Gasteiger partial charge is 0.0894 e. The van der Waals surface area contributed by atoms with Gasteiger partial charge in [0, 0.05) is 17.3 Å². The molecule has 1 N–H and O–H groups in total. The van der Waals surface area contributed by atoms with Gasteiger partial charge in [-0.15, -0.1) is 0 Å². The molecule has 1 heterocycles. The quantitative estimate of drug-likeness (QED) is 0.719. The lowest BCUT2D eigenvalue weighted by molar-refractivity contribution is 0.282. The number of halogens is 5. The van der Waals surface area contributed by atoms with E-state index in [0.717, 1.165) is 0 Å². The van der Waals surface area contributed by atoms with Crippen molar-refractivity contribution in [2.24, 2.45) is 0 Å². The van der Waals surface area contributed by atoms with E-state index >= 15 is 0 Å². The van der Waals surface area contributed by atoms with Gasteiger partial charge in [0.05, 0.1) is 37.4 Å². The number of rotatable bonds is 2. The molecule has 7 heteroatoms. The molecular weight excluding hydrogens is 351 g/mol. The summed E-state index contributed by atoms with van der Waals surface area (Å²) < 4.78 is 0. The first-order chi connectivity index (χ1) is 8.95. The van der Waals surface area contributed by atoms with Gasteiger partial charge in [0.2, 0.25) is 0 Å². The first-order valence-electron chi connectivity index (χ1n) is 5.04. The lowest BCUT2D eigenvalue weighted by Crippen LogP contribution is -1.94. The Kier molecular flexibility index (Phi) is 4.83. The van der Waals surface area contributed by atoms with Crippen LogP contribution in [-0.2, 0) is 6.61 Å². The molecule has 0 radical (unpaired) electrons. The van der Waals surface area contributed by atoms with Crippen LogP contribution in [0.1, 0.15) is 5.56 Å². The van der Waals surface area contributed by atoms with Gasteiger partial charge >= 0.3 is 0 Å². The summed E-state index contributed by atoms with van der Waals surface area (Å²) >= 11 is 29.9. The Labute approximate surface area is 134 Å². The minimum absolute atomic E-state index is 0.254. The van der Waals surface area contributed by atoms with Gasteiger partial charge in [-0.3, -0.25) is 4.98 Å². The van der Waals surface area contributed by atoms with Gasteiger partial charge in [-0.2, -0.15) is 0 Å². The molecule has 0 fully saturated rings. The Hall–Kier alpha value is -0.220. The average molecular weight is 357 g/mol. The summed E-state index contributed by atoms with van der Waals surface area (Å²) in [6.07, 6.45) is 1.41. The molecule has 1 aromatic carbocycles. The zero-order chi connectivity index (χ0) is 14.2. The molecule has 0 saturated carbocycles. The Balaban J connectivity index is 2.66. The predicted molar refractivity (Wildman–Crippen MR) is 80.6 cm³/mol. The second kappa shape index (κ2) is 6.04. The van der Waals surface area contributed by atoms with Gasteiger partial charge < -0.3 is 5.11 Å². The second-order valence-electron chi connectivity index (χ2n) is 3.66. The summed E-state index contributed by atoms with van der Waals surface area (Å²) in [5.41, 5.74) is 1.42. The monoisotopic (exact) mass is 355 g/mol. The van der Waals surface area contributed by atoms with Crippen molar-refractivity contribution in [3.05, 3.63) is 49.0 Å². The number of nitrogens with zero attached hydrogens (tertiary/aromatic N) is 1. The van der Waals surface area contributed by atoms with E-state index < -0.39 is 0 Å². The van der Waals surface area contributed by atoms with Crippen molar-refractivity contribution in [3.8, 4) is 11.3 Å². The minimum atomic E-state index is -0.289. The highest BCUT2D eigenvalue weighted by atomic mass is 35.5. The van der Waals surface area contributed by atoms with E-state index in [1.54, 1.807) is 12.1 Å². The molecule has 0 aliphatic heterocycles. The van der Waals surface area contributed by atoms with Crippen molar-refractivity contribution in [1.29, 1.82) is 0 Å². The van der Waals surface area contributed by atoms with Gasteiger partial charge in [-0.1, -0.05) is 58.0 Å². The molecule has 0 spiro atoms. The number of aliphatic hydroxyl groups excluding tert-OH is 1. The van der Waals surface area contributed by atoms with Gasteiger partial charge in [-0.05, 0) is 12.1 Å². The fraction of sp³-hybridized carbons (Fsp3) is 0.0833. The molecule has 0 saturated heterocycles. The van der Waals surface area contributed by atoms with Crippen molar-refractivity contribution in [1.82, 2.24) is 4.98 Å². The summed E-state index contributed by atoms with van der Waals surface area (Å²) in [4.78, 5) is 4.13. The van der Waals surface area contributed by atoms with E-state index in [0.29, 0.717) is 31.9 Å². The van der Waals surface area contributed by atoms with E-state index in [4.69, 9.17) is 58.0 Å². The molecule has 0 amide bonds. The van der Waals surface area contributed by atoms with Gasteiger partial charge in [0.25, 0.3) is 0 Å². The molecular formula is C12H6Cl5NO. The maximum absolute atomic E-state index is 9.25. The molecule has 0 bridgehead atoms. The number of benzene rings is 1. The molecule has 2 nitrogen and oxygen atoms in total. The summed E-state index contributed by atoms with van der Waals surface area (Å²) in [5.74, 6) is 0. The standard InChI is InChI=1S/C12H6Cl5NO/c13-7-1-5(2-8(14)11(7)17)12-10(16)6(4-19)9(15)3-18-12/h1-3,19H,4H2. The number of aliphatic hydroxyl groups is 1. The van der Waals surface area contributed by atoms with Crippen molar-refractivity contribution >= 4 is 58.0 Å². The average Bonchev–Trinajstić information content (AvgIpc) is 2.36. The number of hydrogen-bond acceptors (Lipinski definition) is 2. The Bertz CT molecular complexity index is 621. The van der Waals surface area contributed by atoms with Crippen molar-refractivity contribution < 1.29 is 5.11 Å². The van der Waals surface area contributed by atoms with Crippen LogP contribution in [0.15, 0.2) is 18.3 Å². The topological polar surface area (TPSA) is 33.1 Å². The summed E-state index contributed by atoms with van der Waals surface area (Å²) in [7, 11) is 0. The maximum Gasteiger partial charge on any atom is 0.0894 e. The van der Waals surface area contributed by atoms with Crippen LogP contribution in [-0.4, -0.2) is 10.1 Å². The number of hydrogen-bond donors (Lipinski definition) is 1. The SMILES string of the molecule is OCc1c(Cl)cnc(-c2cc(Cl)c(Cl)c(Cl)c2)c1Cl. The first-order valence-corrected chi connectivity index (χ1v) is 6.93. The summed E-state index contributed by atoms with van der Waals surface area (Å²) in [6.45, 7) is -0.289. The zero-order valence-electron chi connectivity index (χ0n) is 9.22. The molecule has 2 aromatic rings. The summed E-state index contributed by atoms with van der Waals surface area (Å²) in [5, 5.41) is 10.7. The van der Waals surface area contributed by atoms with E-state index in [1.807, 2.05) is 0 Å². The molecule has 0 atom stereocenters. The van der Waals surface area contributed by atoms with Gasteiger partial charge in [0.15, 0.2) is 0 Å². The third-order valence-corrected chi connectivity index (χ3v) is 4.41. The fourth-order valence-electron chi connectivity index (χ4n) is 1.54. The van der Waals surface area contributed by atoms with E-state index in [1.165, 1.54) is 6.20 Å². The Morgan fingerprint density at radius 2 is 1.47 bits per heavy atom. The molecule has 0 aliphatic carbocycles. The van der Waals surface area contributed by atoms with E-state index in [9.17, 15) is 5.11 Å². The van der Waals surface area contributed by atoms with Crippen molar-refractivity contribution in [2.75, 3.05) is 0 Å². The Morgan fingerprint density at radius 3 is 2.00 bits per heavy atom. The van der Waals surface area contributed by atoms with Crippen molar-refractivity contribution in [3.63, 3.8) is 0 Å². The van der Waals surface area contributed by atoms with Crippen LogP contribution in [0.5, 0.6) is 0 Å². The highest BCUT2D eigenvalue weighted by molar-refractivity contribution is 6.48. The molecule has 1 aromatic heterocycles. The highest BCUT2D eigenvalue weighted by Crippen LogP contribution is 2.38. The highest BCUT2D eigenvalue weighted by Gasteiger charge is 2.15. The third kappa shape index (κ3) is 2.94. The largest absolute Gasteiger partial charge is 0.392 e. The normalized spacial score (nSPS) is 10.8. The van der Waals surface area contributed by atoms with E-state index in [2.05, 4.69) is 4.98 Å². The fourth-order valence-corrected chi connectivity index (χ4v) is 2.71. The van der Waals surface area contributed by atoms with Crippen LogP contribution < -0.4 is 0 Å². The first kappa shape index (κ1) is 15.2. The van der Waals surface area contributed by atoms with Crippen LogP contribution in [0.3, 0.4) is 0 Å². The molecule has 19 heavy (non-hydrogen) atoms. The van der Waals surface area contributed by atoms with Crippen LogP contribution >= 0.6 is 58.0 Å².